The van der Waals surface area contributed by atoms with E-state index in [2.05, 4.69) is 16.9 Å². The molecule has 1 aromatic carbocycles. The Labute approximate surface area is 258 Å². The Morgan fingerprint density at radius 2 is 1.70 bits per heavy atom. The van der Waals surface area contributed by atoms with Crippen LogP contribution in [0.5, 0.6) is 5.75 Å². The summed E-state index contributed by atoms with van der Waals surface area (Å²) in [4.78, 5) is 49.5. The molecular weight excluding hydrogens is 570 g/mol. The molecule has 13 heteroatoms. The Kier molecular flexibility index (Phi) is 13.0. The number of amides is 3. The first-order chi connectivity index (χ1) is 20.7. The quantitative estimate of drug-likeness (QED) is 0.183. The fourth-order valence-corrected chi connectivity index (χ4v) is 5.78. The van der Waals surface area contributed by atoms with Gasteiger partial charge in [0.15, 0.2) is 5.96 Å². The summed E-state index contributed by atoms with van der Waals surface area (Å²) in [6, 6.07) is 5.52. The van der Waals surface area contributed by atoms with Crippen LogP contribution in [0.15, 0.2) is 53.4 Å². The fourth-order valence-electron chi connectivity index (χ4n) is 4.88. The minimum absolute atomic E-state index is 0.121. The fraction of sp³-hybridized carbons (Fsp3) is 0.533. The predicted molar refractivity (Wildman–Crippen MR) is 170 cm³/mol. The number of urea groups is 1. The number of hydrogen-bond donors (Lipinski definition) is 3. The number of likely N-dealkylation sites (tertiary alicyclic amines) is 1. The third kappa shape index (κ3) is 9.57. The molecule has 3 amide bonds. The van der Waals surface area contributed by atoms with Crippen LogP contribution in [0.2, 0.25) is 0 Å². The van der Waals surface area contributed by atoms with E-state index < -0.39 is 12.0 Å². The summed E-state index contributed by atoms with van der Waals surface area (Å²) in [7, 11) is 0. The number of hydrogen-bond acceptors (Lipinski definition) is 7. The summed E-state index contributed by atoms with van der Waals surface area (Å²) in [5, 5.41) is 13.1. The lowest BCUT2D eigenvalue weighted by molar-refractivity contribution is -0.139. The van der Waals surface area contributed by atoms with Crippen molar-refractivity contribution in [1.82, 2.24) is 24.9 Å². The van der Waals surface area contributed by atoms with Gasteiger partial charge in [0.25, 0.3) is 0 Å². The first kappa shape index (κ1) is 33.6. The highest BCUT2D eigenvalue weighted by atomic mass is 32.2. The van der Waals surface area contributed by atoms with Crippen LogP contribution in [-0.2, 0) is 11.2 Å². The van der Waals surface area contributed by atoms with Crippen LogP contribution in [0.1, 0.15) is 39.2 Å². The van der Waals surface area contributed by atoms with Gasteiger partial charge in [-0.05, 0) is 51.3 Å². The molecule has 0 radical (unpaired) electrons. The van der Waals surface area contributed by atoms with Crippen molar-refractivity contribution in [2.75, 3.05) is 57.3 Å². The van der Waals surface area contributed by atoms with Crippen LogP contribution in [0.3, 0.4) is 0 Å². The average Bonchev–Trinajstić information content (AvgIpc) is 3.56. The predicted octanol–water partition coefficient (Wildman–Crippen LogP) is 3.37. The van der Waals surface area contributed by atoms with E-state index in [0.717, 1.165) is 29.9 Å². The molecule has 4 N–H and O–H groups in total. The number of benzene rings is 1. The monoisotopic (exact) mass is 615 g/mol. The molecule has 2 heterocycles. The van der Waals surface area contributed by atoms with Crippen LogP contribution in [-0.4, -0.2) is 112 Å². The van der Waals surface area contributed by atoms with Gasteiger partial charge in [-0.3, -0.25) is 4.90 Å². The van der Waals surface area contributed by atoms with Gasteiger partial charge in [0, 0.05) is 63.7 Å². The second kappa shape index (κ2) is 16.7. The Balaban J connectivity index is 1.79. The number of nitrogens with one attached hydrogen (secondary N) is 1. The lowest BCUT2D eigenvalue weighted by Gasteiger charge is -2.34. The second-order valence-electron chi connectivity index (χ2n) is 10.2. The first-order valence-electron chi connectivity index (χ1n) is 14.8. The summed E-state index contributed by atoms with van der Waals surface area (Å²) < 4.78 is 5.46. The van der Waals surface area contributed by atoms with Crippen LogP contribution >= 0.6 is 11.8 Å². The van der Waals surface area contributed by atoms with E-state index in [1.54, 1.807) is 50.7 Å². The largest absolute Gasteiger partial charge is 0.480 e. The molecule has 0 unspecified atom stereocenters. The molecule has 0 bridgehead atoms. The molecule has 0 aromatic heterocycles. The number of aliphatic imine (C=N–C) groups is 1. The molecule has 12 nitrogen and oxygen atoms in total. The Morgan fingerprint density at radius 1 is 1.07 bits per heavy atom. The van der Waals surface area contributed by atoms with E-state index in [4.69, 9.17) is 10.5 Å². The van der Waals surface area contributed by atoms with Gasteiger partial charge in [-0.2, -0.15) is 11.8 Å². The van der Waals surface area contributed by atoms with E-state index in [1.807, 2.05) is 25.7 Å². The van der Waals surface area contributed by atoms with E-state index >= 15 is 0 Å². The number of carbonyl (C=O) groups excluding carboxylic acids is 2. The van der Waals surface area contributed by atoms with Crippen molar-refractivity contribution in [3.63, 3.8) is 0 Å². The number of rotatable bonds is 12. The number of ether oxygens (including phenoxy) is 1. The van der Waals surface area contributed by atoms with Gasteiger partial charge in [-0.25, -0.2) is 19.4 Å². The van der Waals surface area contributed by atoms with E-state index in [-0.39, 0.29) is 30.2 Å². The summed E-state index contributed by atoms with van der Waals surface area (Å²) >= 11 is 1.80. The van der Waals surface area contributed by atoms with Gasteiger partial charge in [-0.15, -0.1) is 0 Å². The number of nitrogens with two attached hydrogens (primary N) is 1. The second-order valence-corrected chi connectivity index (χ2v) is 11.4. The molecule has 0 saturated carbocycles. The van der Waals surface area contributed by atoms with Gasteiger partial charge >= 0.3 is 18.1 Å². The molecule has 3 rings (SSSR count). The standard InChI is InChI=1S/C30H45N7O5S/c1-5-34(6-2)28(31)32-21-26(37(7-3)29(40)35-16-18-43-19-17-35)22(4)33-25(27(38)39)20-23-10-12-24(13-11-23)42-30(41)36-14-8-9-15-36/h10-13,21,25,33H,4-9,14-20H2,1-3H3,(H2,31,32)(H,38,39)/b26-21+/t25-/m0/s1. The maximum absolute atomic E-state index is 13.6. The number of carboxylic acid groups (broad SMARTS) is 1. The number of nitrogens with zero attached hydrogens (tertiary/aromatic N) is 5. The van der Waals surface area contributed by atoms with Crippen molar-refractivity contribution in [2.24, 2.45) is 10.7 Å². The Morgan fingerprint density at radius 3 is 2.26 bits per heavy atom. The minimum Gasteiger partial charge on any atom is -0.480 e. The SMILES string of the molecule is C=C(N[C@@H](Cc1ccc(OC(=O)N2CCCC2)cc1)C(=O)O)/C(=C\N=C(N)N(CC)CC)N(CC)C(=O)N1CCSCC1. The van der Waals surface area contributed by atoms with Crippen molar-refractivity contribution in [3.8, 4) is 5.75 Å². The van der Waals surface area contributed by atoms with Crippen molar-refractivity contribution < 1.29 is 24.2 Å². The minimum atomic E-state index is -1.08. The highest BCUT2D eigenvalue weighted by Gasteiger charge is 2.28. The summed E-state index contributed by atoms with van der Waals surface area (Å²) in [5.74, 6) is 1.30. The number of aliphatic carboxylic acids is 1. The average molecular weight is 616 g/mol. The number of guanidine groups is 1. The molecule has 1 atom stereocenters. The van der Waals surface area contributed by atoms with Crippen LogP contribution in [0.25, 0.3) is 0 Å². The lowest BCUT2D eigenvalue weighted by Crippen LogP contribution is -2.48. The van der Waals surface area contributed by atoms with Crippen LogP contribution in [0.4, 0.5) is 9.59 Å². The van der Waals surface area contributed by atoms with Crippen molar-refractivity contribution in [2.45, 2.75) is 46.1 Å². The van der Waals surface area contributed by atoms with Crippen molar-refractivity contribution in [1.29, 1.82) is 0 Å². The molecule has 43 heavy (non-hydrogen) atoms. The lowest BCUT2D eigenvalue weighted by atomic mass is 10.1. The highest BCUT2D eigenvalue weighted by Crippen LogP contribution is 2.20. The molecule has 0 aliphatic carbocycles. The van der Waals surface area contributed by atoms with E-state index in [1.165, 1.54) is 6.20 Å². The Bertz CT molecular complexity index is 1170. The van der Waals surface area contributed by atoms with Gasteiger partial charge in [0.2, 0.25) is 0 Å². The van der Waals surface area contributed by atoms with E-state index in [0.29, 0.717) is 57.3 Å². The highest BCUT2D eigenvalue weighted by molar-refractivity contribution is 7.99. The number of carbonyl (C=O) groups is 3. The zero-order valence-electron chi connectivity index (χ0n) is 25.5. The summed E-state index contributed by atoms with van der Waals surface area (Å²) in [6.45, 7) is 14.2. The number of carboxylic acids is 1. The topological polar surface area (TPSA) is 144 Å². The molecule has 2 saturated heterocycles. The maximum Gasteiger partial charge on any atom is 0.415 e. The Hall–Kier alpha value is -3.87. The summed E-state index contributed by atoms with van der Waals surface area (Å²) in [6.07, 6.45) is 3.16. The van der Waals surface area contributed by atoms with Gasteiger partial charge < -0.3 is 35.6 Å². The van der Waals surface area contributed by atoms with E-state index in [9.17, 15) is 19.5 Å². The van der Waals surface area contributed by atoms with Gasteiger partial charge in [0.1, 0.15) is 11.8 Å². The molecule has 2 fully saturated rings. The third-order valence-corrected chi connectivity index (χ3v) is 8.36. The molecule has 2 aliphatic rings. The molecule has 2 aliphatic heterocycles. The maximum atomic E-state index is 13.6. The molecule has 1 aromatic rings. The normalized spacial score (nSPS) is 16.4. The first-order valence-corrected chi connectivity index (χ1v) is 16.0. The van der Waals surface area contributed by atoms with Gasteiger partial charge in [0.05, 0.1) is 17.6 Å². The van der Waals surface area contributed by atoms with Crippen LogP contribution < -0.4 is 15.8 Å². The number of thioether (sulfide) groups is 1. The van der Waals surface area contributed by atoms with Crippen molar-refractivity contribution in [3.05, 3.63) is 54.0 Å². The third-order valence-electron chi connectivity index (χ3n) is 7.41. The molecule has 236 valence electrons. The summed E-state index contributed by atoms with van der Waals surface area (Å²) in [5.41, 5.74) is 7.51. The smallest absolute Gasteiger partial charge is 0.415 e. The zero-order valence-corrected chi connectivity index (χ0v) is 26.3. The molecular formula is C30H45N7O5S. The van der Waals surface area contributed by atoms with Gasteiger partial charge in [-0.1, -0.05) is 18.7 Å². The molecule has 0 spiro atoms. The van der Waals surface area contributed by atoms with Crippen LogP contribution in [0, 0.1) is 0 Å². The zero-order chi connectivity index (χ0) is 31.4. The number of likely N-dealkylation sites (N-methyl/N-ethyl adjacent to an activating group) is 1. The van der Waals surface area contributed by atoms with Crippen molar-refractivity contribution >= 4 is 35.8 Å².